The number of hydrogen-bond acceptors (Lipinski definition) is 1. The lowest BCUT2D eigenvalue weighted by molar-refractivity contribution is 0.623. The lowest BCUT2D eigenvalue weighted by Gasteiger charge is -2.17. The van der Waals surface area contributed by atoms with Crippen molar-refractivity contribution < 1.29 is 0 Å². The molecule has 1 aromatic heterocycles. The molecule has 0 unspecified atom stereocenters. The fourth-order valence-corrected chi connectivity index (χ4v) is 2.61. The van der Waals surface area contributed by atoms with Gasteiger partial charge in [-0.25, -0.2) is 0 Å². The Kier molecular flexibility index (Phi) is 1.63. The number of benzene rings is 1. The summed E-state index contributed by atoms with van der Waals surface area (Å²) in [4.78, 5) is 0. The Balaban J connectivity index is 2.45. The van der Waals surface area contributed by atoms with Gasteiger partial charge in [0, 0.05) is 17.6 Å². The molecule has 0 saturated carbocycles. The van der Waals surface area contributed by atoms with E-state index in [1.54, 1.807) is 0 Å². The maximum absolute atomic E-state index is 8.95. The second-order valence-corrected chi connectivity index (χ2v) is 4.23. The van der Waals surface area contributed by atoms with Gasteiger partial charge in [-0.05, 0) is 43.5 Å². The molecular formula is C13H12N2. The van der Waals surface area contributed by atoms with E-state index in [9.17, 15) is 0 Å². The first-order chi connectivity index (χ1) is 7.29. The Bertz CT molecular complexity index is 585. The van der Waals surface area contributed by atoms with Crippen LogP contribution in [0.3, 0.4) is 0 Å². The third-order valence-corrected chi connectivity index (χ3v) is 3.24. The summed E-state index contributed by atoms with van der Waals surface area (Å²) in [6, 6.07) is 8.46. The normalized spacial score (nSPS) is 14.1. The van der Waals surface area contributed by atoms with E-state index in [0.717, 1.165) is 18.5 Å². The molecule has 2 heteroatoms. The van der Waals surface area contributed by atoms with Crippen LogP contribution in [0.4, 0.5) is 0 Å². The smallest absolute Gasteiger partial charge is 0.0991 e. The van der Waals surface area contributed by atoms with E-state index in [1.165, 1.54) is 28.6 Å². The second kappa shape index (κ2) is 2.87. The first-order valence-corrected chi connectivity index (χ1v) is 5.32. The molecule has 0 spiro atoms. The first-order valence-electron chi connectivity index (χ1n) is 5.32. The molecule has 2 heterocycles. The number of nitriles is 1. The maximum atomic E-state index is 8.95. The Hall–Kier alpha value is -1.75. The van der Waals surface area contributed by atoms with Gasteiger partial charge in [-0.1, -0.05) is 0 Å². The van der Waals surface area contributed by atoms with Crippen molar-refractivity contribution >= 4 is 10.9 Å². The molecule has 0 radical (unpaired) electrons. The summed E-state index contributed by atoms with van der Waals surface area (Å²) >= 11 is 0. The number of hydrogen-bond donors (Lipinski definition) is 0. The summed E-state index contributed by atoms with van der Waals surface area (Å²) in [5.41, 5.74) is 4.78. The highest BCUT2D eigenvalue weighted by atomic mass is 15.0. The number of rotatable bonds is 0. The van der Waals surface area contributed by atoms with Crippen molar-refractivity contribution in [3.05, 3.63) is 35.0 Å². The van der Waals surface area contributed by atoms with E-state index < -0.39 is 0 Å². The molecule has 0 amide bonds. The van der Waals surface area contributed by atoms with Gasteiger partial charge in [0.1, 0.15) is 0 Å². The summed E-state index contributed by atoms with van der Waals surface area (Å²) < 4.78 is 2.37. The minimum absolute atomic E-state index is 0.788. The van der Waals surface area contributed by atoms with E-state index >= 15 is 0 Å². The van der Waals surface area contributed by atoms with E-state index in [1.807, 2.05) is 12.1 Å². The van der Waals surface area contributed by atoms with Gasteiger partial charge in [-0.15, -0.1) is 0 Å². The molecule has 3 rings (SSSR count). The van der Waals surface area contributed by atoms with Gasteiger partial charge < -0.3 is 4.57 Å². The van der Waals surface area contributed by atoms with Gasteiger partial charge in [-0.2, -0.15) is 5.26 Å². The zero-order chi connectivity index (χ0) is 10.4. The highest BCUT2D eigenvalue weighted by molar-refractivity contribution is 5.86. The Morgan fingerprint density at radius 2 is 2.20 bits per heavy atom. The van der Waals surface area contributed by atoms with Crippen molar-refractivity contribution in [3.63, 3.8) is 0 Å². The molecule has 74 valence electrons. The summed E-state index contributed by atoms with van der Waals surface area (Å²) in [5.74, 6) is 0. The van der Waals surface area contributed by atoms with E-state index in [0.29, 0.717) is 0 Å². The molecule has 2 nitrogen and oxygen atoms in total. The van der Waals surface area contributed by atoms with Crippen LogP contribution < -0.4 is 0 Å². The lowest BCUT2D eigenvalue weighted by Crippen LogP contribution is -2.08. The monoisotopic (exact) mass is 196 g/mol. The summed E-state index contributed by atoms with van der Waals surface area (Å²) in [6.45, 7) is 3.26. The van der Waals surface area contributed by atoms with Gasteiger partial charge >= 0.3 is 0 Å². The molecular weight excluding hydrogens is 184 g/mol. The van der Waals surface area contributed by atoms with Crippen molar-refractivity contribution in [2.45, 2.75) is 26.3 Å². The van der Waals surface area contributed by atoms with E-state index in [2.05, 4.69) is 23.6 Å². The molecule has 0 atom stereocenters. The van der Waals surface area contributed by atoms with Crippen LogP contribution in [0.1, 0.15) is 23.2 Å². The van der Waals surface area contributed by atoms with Gasteiger partial charge in [0.2, 0.25) is 0 Å². The SMILES string of the molecule is Cc1cc2cc(C#N)cc3c2n1CCC3. The highest BCUT2D eigenvalue weighted by Gasteiger charge is 2.15. The fraction of sp³-hybridized carbons (Fsp3) is 0.308. The number of nitrogens with zero attached hydrogens (tertiary/aromatic N) is 2. The van der Waals surface area contributed by atoms with Crippen LogP contribution in [0.5, 0.6) is 0 Å². The molecule has 0 saturated heterocycles. The molecule has 1 aliphatic rings. The average Bonchev–Trinajstić information content (AvgIpc) is 2.58. The minimum Gasteiger partial charge on any atom is -0.345 e. The van der Waals surface area contributed by atoms with Gasteiger partial charge in [0.25, 0.3) is 0 Å². The van der Waals surface area contributed by atoms with E-state index in [4.69, 9.17) is 5.26 Å². The second-order valence-electron chi connectivity index (χ2n) is 4.23. The third kappa shape index (κ3) is 1.10. The number of aryl methyl sites for hydroxylation is 3. The van der Waals surface area contributed by atoms with Crippen LogP contribution in [-0.2, 0) is 13.0 Å². The van der Waals surface area contributed by atoms with Crippen LogP contribution in [0.25, 0.3) is 10.9 Å². The standard InChI is InChI=1S/C13H12N2/c1-9-5-12-7-10(8-14)6-11-3-2-4-15(9)13(11)12/h5-7H,2-4H2,1H3. The summed E-state index contributed by atoms with van der Waals surface area (Å²) in [7, 11) is 0. The largest absolute Gasteiger partial charge is 0.345 e. The van der Waals surface area contributed by atoms with Crippen LogP contribution >= 0.6 is 0 Å². The third-order valence-electron chi connectivity index (χ3n) is 3.24. The maximum Gasteiger partial charge on any atom is 0.0991 e. The highest BCUT2D eigenvalue weighted by Crippen LogP contribution is 2.29. The van der Waals surface area contributed by atoms with Crippen LogP contribution in [0.2, 0.25) is 0 Å². The molecule has 1 aromatic carbocycles. The van der Waals surface area contributed by atoms with Gasteiger partial charge in [0.15, 0.2) is 0 Å². The first kappa shape index (κ1) is 8.55. The predicted molar refractivity (Wildman–Crippen MR) is 59.7 cm³/mol. The molecule has 2 aromatic rings. The van der Waals surface area contributed by atoms with Crippen LogP contribution in [-0.4, -0.2) is 4.57 Å². The predicted octanol–water partition coefficient (Wildman–Crippen LogP) is 2.77. The van der Waals surface area contributed by atoms with Crippen molar-refractivity contribution in [2.24, 2.45) is 0 Å². The molecule has 0 aliphatic carbocycles. The Labute approximate surface area is 88.7 Å². The summed E-state index contributed by atoms with van der Waals surface area (Å²) in [6.07, 6.45) is 2.29. The van der Waals surface area contributed by atoms with Crippen molar-refractivity contribution in [1.82, 2.24) is 4.57 Å². The molecule has 0 fully saturated rings. The van der Waals surface area contributed by atoms with Crippen molar-refractivity contribution in [1.29, 1.82) is 5.26 Å². The lowest BCUT2D eigenvalue weighted by atomic mass is 10.0. The quantitative estimate of drug-likeness (QED) is 0.637. The molecule has 15 heavy (non-hydrogen) atoms. The minimum atomic E-state index is 0.788. The van der Waals surface area contributed by atoms with Gasteiger partial charge in [0.05, 0.1) is 17.1 Å². The Morgan fingerprint density at radius 1 is 1.33 bits per heavy atom. The van der Waals surface area contributed by atoms with Crippen LogP contribution in [0.15, 0.2) is 18.2 Å². The summed E-state index contributed by atoms with van der Waals surface area (Å²) in [5, 5.41) is 10.2. The number of aromatic nitrogens is 1. The molecule has 0 bridgehead atoms. The zero-order valence-corrected chi connectivity index (χ0v) is 8.75. The van der Waals surface area contributed by atoms with Crippen LogP contribution in [0, 0.1) is 18.3 Å². The van der Waals surface area contributed by atoms with Crippen molar-refractivity contribution in [3.8, 4) is 6.07 Å². The zero-order valence-electron chi connectivity index (χ0n) is 8.75. The molecule has 1 aliphatic heterocycles. The molecule has 0 N–H and O–H groups in total. The van der Waals surface area contributed by atoms with E-state index in [-0.39, 0.29) is 0 Å². The Morgan fingerprint density at radius 3 is 3.00 bits per heavy atom. The topological polar surface area (TPSA) is 28.7 Å². The fourth-order valence-electron chi connectivity index (χ4n) is 2.61. The van der Waals surface area contributed by atoms with Crippen molar-refractivity contribution in [2.75, 3.05) is 0 Å². The average molecular weight is 196 g/mol. The van der Waals surface area contributed by atoms with Gasteiger partial charge in [-0.3, -0.25) is 0 Å².